The average molecular weight is 255 g/mol. The van der Waals surface area contributed by atoms with Gasteiger partial charge in [-0.2, -0.15) is 0 Å². The predicted molar refractivity (Wildman–Crippen MR) is 64.6 cm³/mol. The van der Waals surface area contributed by atoms with Gasteiger partial charge in [-0.15, -0.1) is 0 Å². The molecule has 1 heterocycles. The smallest absolute Gasteiger partial charge is 0.248 e. The highest BCUT2D eigenvalue weighted by Gasteiger charge is 2.36. The van der Waals surface area contributed by atoms with Crippen molar-refractivity contribution < 1.29 is 8.78 Å². The molecule has 1 aromatic rings. The summed E-state index contributed by atoms with van der Waals surface area (Å²) in [6, 6.07) is 0.0174. The zero-order chi connectivity index (χ0) is 12.8. The molecule has 1 fully saturated rings. The second-order valence-corrected chi connectivity index (χ2v) is 5.61. The predicted octanol–water partition coefficient (Wildman–Crippen LogP) is 3.04. The fourth-order valence-corrected chi connectivity index (χ4v) is 3.08. The van der Waals surface area contributed by atoms with E-state index >= 15 is 0 Å². The molecule has 3 rings (SSSR count). The summed E-state index contributed by atoms with van der Waals surface area (Å²) in [5, 5.41) is 0. The maximum Gasteiger partial charge on any atom is 0.248 e. The van der Waals surface area contributed by atoms with Gasteiger partial charge in [0, 0.05) is 30.5 Å². The molecule has 0 spiro atoms. The summed E-state index contributed by atoms with van der Waals surface area (Å²) >= 11 is 0. The summed E-state index contributed by atoms with van der Waals surface area (Å²) in [5.41, 5.74) is 8.12. The maximum absolute atomic E-state index is 13.1. The van der Waals surface area contributed by atoms with E-state index in [4.69, 9.17) is 5.73 Å². The van der Waals surface area contributed by atoms with Gasteiger partial charge in [-0.25, -0.2) is 13.8 Å². The van der Waals surface area contributed by atoms with Crippen molar-refractivity contribution in [2.45, 2.75) is 62.8 Å². The Morgan fingerprint density at radius 2 is 1.94 bits per heavy atom. The van der Waals surface area contributed by atoms with Crippen LogP contribution in [0.15, 0.2) is 0 Å². The lowest BCUT2D eigenvalue weighted by molar-refractivity contribution is -0.0387. The van der Waals surface area contributed by atoms with E-state index < -0.39 is 5.92 Å². The first kappa shape index (κ1) is 12.1. The standard InChI is InChI=1S/C13H19F2N3/c14-13(15)6-4-8(5-7-13)12-17-10-3-1-2-9(16)11(10)18-12/h8-9H,1-7,16H2,(H,17,18). The van der Waals surface area contributed by atoms with Crippen molar-refractivity contribution >= 4 is 0 Å². The number of nitrogens with one attached hydrogen (secondary N) is 1. The van der Waals surface area contributed by atoms with Gasteiger partial charge in [0.25, 0.3) is 0 Å². The van der Waals surface area contributed by atoms with Gasteiger partial charge in [-0.3, -0.25) is 0 Å². The summed E-state index contributed by atoms with van der Waals surface area (Å²) in [6.45, 7) is 0. The third kappa shape index (κ3) is 2.16. The molecule has 1 saturated carbocycles. The Labute approximate surface area is 105 Å². The van der Waals surface area contributed by atoms with Crippen LogP contribution in [-0.4, -0.2) is 15.9 Å². The molecule has 0 bridgehead atoms. The number of alkyl halides is 2. The van der Waals surface area contributed by atoms with Crippen LogP contribution < -0.4 is 5.73 Å². The molecule has 0 aliphatic heterocycles. The number of halogens is 2. The fourth-order valence-electron chi connectivity index (χ4n) is 3.08. The van der Waals surface area contributed by atoms with Gasteiger partial charge in [-0.05, 0) is 32.1 Å². The van der Waals surface area contributed by atoms with Crippen molar-refractivity contribution in [1.82, 2.24) is 9.97 Å². The van der Waals surface area contributed by atoms with Crippen molar-refractivity contribution in [2.24, 2.45) is 5.73 Å². The highest BCUT2D eigenvalue weighted by molar-refractivity contribution is 5.22. The molecular weight excluding hydrogens is 236 g/mol. The van der Waals surface area contributed by atoms with E-state index in [2.05, 4.69) is 9.97 Å². The van der Waals surface area contributed by atoms with Gasteiger partial charge >= 0.3 is 0 Å². The number of hydrogen-bond acceptors (Lipinski definition) is 2. The maximum atomic E-state index is 13.1. The summed E-state index contributed by atoms with van der Waals surface area (Å²) in [5.74, 6) is -1.44. The summed E-state index contributed by atoms with van der Waals surface area (Å²) in [6.07, 6.45) is 4.05. The quantitative estimate of drug-likeness (QED) is 0.810. The Morgan fingerprint density at radius 3 is 2.61 bits per heavy atom. The molecule has 5 heteroatoms. The van der Waals surface area contributed by atoms with Gasteiger partial charge in [0.1, 0.15) is 5.82 Å². The van der Waals surface area contributed by atoms with Crippen LogP contribution in [0.25, 0.3) is 0 Å². The number of aromatic amines is 1. The first-order valence-corrected chi connectivity index (χ1v) is 6.77. The minimum Gasteiger partial charge on any atom is -0.345 e. The molecule has 0 radical (unpaired) electrons. The number of fused-ring (bicyclic) bond motifs is 1. The lowest BCUT2D eigenvalue weighted by Gasteiger charge is -2.26. The highest BCUT2D eigenvalue weighted by Crippen LogP contribution is 2.40. The largest absolute Gasteiger partial charge is 0.345 e. The van der Waals surface area contributed by atoms with Crippen molar-refractivity contribution in [3.05, 3.63) is 17.2 Å². The first-order chi connectivity index (χ1) is 8.55. The molecule has 0 aromatic carbocycles. The zero-order valence-corrected chi connectivity index (χ0v) is 10.4. The monoisotopic (exact) mass is 255 g/mol. The minimum absolute atomic E-state index is 0.0174. The lowest BCUT2D eigenvalue weighted by Crippen LogP contribution is -2.24. The molecule has 0 saturated heterocycles. The molecule has 100 valence electrons. The summed E-state index contributed by atoms with van der Waals surface area (Å²) in [7, 11) is 0. The number of imidazole rings is 1. The number of nitrogens with zero attached hydrogens (tertiary/aromatic N) is 1. The SMILES string of the molecule is NC1CCCc2[nH]c(C3CCC(F)(F)CC3)nc21. The van der Waals surface area contributed by atoms with E-state index in [0.29, 0.717) is 12.8 Å². The van der Waals surface area contributed by atoms with Crippen LogP contribution in [0.4, 0.5) is 8.78 Å². The molecule has 2 aliphatic carbocycles. The number of hydrogen-bond donors (Lipinski definition) is 2. The van der Waals surface area contributed by atoms with E-state index in [1.165, 1.54) is 0 Å². The van der Waals surface area contributed by atoms with Crippen LogP contribution in [-0.2, 0) is 6.42 Å². The van der Waals surface area contributed by atoms with Crippen LogP contribution in [0.5, 0.6) is 0 Å². The van der Waals surface area contributed by atoms with Gasteiger partial charge in [0.2, 0.25) is 5.92 Å². The summed E-state index contributed by atoms with van der Waals surface area (Å²) < 4.78 is 26.3. The fraction of sp³-hybridized carbons (Fsp3) is 0.769. The van der Waals surface area contributed by atoms with Crippen molar-refractivity contribution in [3.8, 4) is 0 Å². The van der Waals surface area contributed by atoms with Crippen molar-refractivity contribution in [3.63, 3.8) is 0 Å². The van der Waals surface area contributed by atoms with Crippen LogP contribution in [0.2, 0.25) is 0 Å². The van der Waals surface area contributed by atoms with Crippen LogP contribution in [0, 0.1) is 0 Å². The van der Waals surface area contributed by atoms with E-state index in [1.807, 2.05) is 0 Å². The molecule has 3 N–H and O–H groups in total. The van der Waals surface area contributed by atoms with Gasteiger partial charge in [0.15, 0.2) is 0 Å². The Morgan fingerprint density at radius 1 is 1.22 bits per heavy atom. The second kappa shape index (κ2) is 4.30. The van der Waals surface area contributed by atoms with E-state index in [1.54, 1.807) is 0 Å². The Bertz CT molecular complexity index is 431. The van der Waals surface area contributed by atoms with Crippen molar-refractivity contribution in [1.29, 1.82) is 0 Å². The van der Waals surface area contributed by atoms with E-state index in [9.17, 15) is 8.78 Å². The Kier molecular flexibility index (Phi) is 2.88. The molecular formula is C13H19F2N3. The third-order valence-corrected chi connectivity index (χ3v) is 4.23. The molecule has 0 amide bonds. The molecule has 2 aliphatic rings. The van der Waals surface area contributed by atoms with E-state index in [-0.39, 0.29) is 24.8 Å². The number of aryl methyl sites for hydroxylation is 1. The zero-order valence-electron chi connectivity index (χ0n) is 10.4. The van der Waals surface area contributed by atoms with Crippen LogP contribution in [0.3, 0.4) is 0 Å². The average Bonchev–Trinajstić information content (AvgIpc) is 2.74. The third-order valence-electron chi connectivity index (χ3n) is 4.23. The van der Waals surface area contributed by atoms with Crippen LogP contribution in [0.1, 0.15) is 67.7 Å². The number of H-pyrrole nitrogens is 1. The van der Waals surface area contributed by atoms with Gasteiger partial charge in [-0.1, -0.05) is 0 Å². The van der Waals surface area contributed by atoms with Crippen LogP contribution >= 0.6 is 0 Å². The molecule has 1 aromatic heterocycles. The minimum atomic E-state index is -2.47. The number of aromatic nitrogens is 2. The summed E-state index contributed by atoms with van der Waals surface area (Å²) in [4.78, 5) is 7.90. The highest BCUT2D eigenvalue weighted by atomic mass is 19.3. The normalized spacial score (nSPS) is 28.1. The number of nitrogens with two attached hydrogens (primary N) is 1. The second-order valence-electron chi connectivity index (χ2n) is 5.61. The van der Waals surface area contributed by atoms with Crippen molar-refractivity contribution in [2.75, 3.05) is 0 Å². The van der Waals surface area contributed by atoms with E-state index in [0.717, 1.165) is 36.5 Å². The van der Waals surface area contributed by atoms with Gasteiger partial charge < -0.3 is 10.7 Å². The lowest BCUT2D eigenvalue weighted by atomic mass is 9.86. The Hall–Kier alpha value is -0.970. The molecule has 1 atom stereocenters. The molecule has 3 nitrogen and oxygen atoms in total. The first-order valence-electron chi connectivity index (χ1n) is 6.77. The topological polar surface area (TPSA) is 54.7 Å². The number of rotatable bonds is 1. The molecule has 18 heavy (non-hydrogen) atoms. The van der Waals surface area contributed by atoms with Gasteiger partial charge in [0.05, 0.1) is 5.69 Å². The Balaban J connectivity index is 1.78. The molecule has 1 unspecified atom stereocenters.